The van der Waals surface area contributed by atoms with Gasteiger partial charge in [-0.15, -0.1) is 0 Å². The number of imidazole rings is 2. The van der Waals surface area contributed by atoms with Crippen molar-refractivity contribution in [1.29, 1.82) is 10.8 Å². The van der Waals surface area contributed by atoms with Crippen LogP contribution in [0.25, 0.3) is 21.8 Å². The number of nitrogens with two attached hydrogens (primary N) is 2. The van der Waals surface area contributed by atoms with Crippen LogP contribution in [0.1, 0.15) is 113 Å². The van der Waals surface area contributed by atoms with Gasteiger partial charge in [0, 0.05) is 147 Å². The lowest BCUT2D eigenvalue weighted by atomic mass is 9.79. The number of carbonyl (C=O) groups is 12. The number of Topliss-reactive ketones (excluding diaryl/α,β-unsaturated/α-hetero) is 4. The van der Waals surface area contributed by atoms with E-state index in [0.717, 1.165) is 32.5 Å². The maximum absolute atomic E-state index is 16.0. The molecular formula is C84H106N20O12S2. The summed E-state index contributed by atoms with van der Waals surface area (Å²) in [5.74, 6) is -16.2. The molecule has 32 nitrogen and oxygen atoms in total. The molecule has 12 atom stereocenters. The zero-order valence-corrected chi connectivity index (χ0v) is 68.1. The molecule has 2 aliphatic rings. The van der Waals surface area contributed by atoms with Gasteiger partial charge in [-0.1, -0.05) is 146 Å². The van der Waals surface area contributed by atoms with Crippen LogP contribution in [0.5, 0.6) is 0 Å². The van der Waals surface area contributed by atoms with E-state index in [1.165, 1.54) is 18.9 Å². The second-order valence-electron chi connectivity index (χ2n) is 30.9. The SMILES string of the molecule is CC(C)[C@@H]1CC(=O)[C@@H]2CSSC[C@H](NC(=O)[C@H](Cc3c[nH]c4ccccc34)NC(=O)[C@H](CCCNC(=N)N)NC(=O)[C@@H](Cc3ccccc3)NC(=O)[C@H](Cc3c[nH]cn3)CC1=O)C(=O)N[C@@H](C(C)C)C(=O)N[C@@H](Cc1c[nH]cn1)C(=O)N[C@H](Cc1ccccc1)C(=O)N[C@@H](CCCNC(=N)N)C(=O)C[C@@H](Cc1c[nH]c3ccccc13)C(=O)C2. The fourth-order valence-electron chi connectivity index (χ4n) is 14.8. The van der Waals surface area contributed by atoms with Gasteiger partial charge in [0.25, 0.3) is 0 Å². The molecule has 10 rings (SSSR count). The first-order chi connectivity index (χ1) is 56.7. The summed E-state index contributed by atoms with van der Waals surface area (Å²) in [6.07, 6.45) is 6.59. The Morgan fingerprint density at radius 1 is 0.424 bits per heavy atom. The molecule has 20 N–H and O–H groups in total. The summed E-state index contributed by atoms with van der Waals surface area (Å²) in [5.41, 5.74) is 15.9. The molecule has 118 heavy (non-hydrogen) atoms. The number of aromatic amines is 4. The number of nitrogens with one attached hydrogen (secondary N) is 16. The lowest BCUT2D eigenvalue weighted by Gasteiger charge is -2.29. The van der Waals surface area contributed by atoms with Crippen molar-refractivity contribution in [1.82, 2.24) is 83.1 Å². The number of nitrogens with zero attached hydrogens (tertiary/aromatic N) is 2. The Bertz CT molecular complexity index is 4510. The van der Waals surface area contributed by atoms with Gasteiger partial charge in [0.1, 0.15) is 59.6 Å². The summed E-state index contributed by atoms with van der Waals surface area (Å²) in [6, 6.07) is 20.3. The third kappa shape index (κ3) is 25.8. The zero-order chi connectivity index (χ0) is 84.4. The Morgan fingerprint density at radius 2 is 0.881 bits per heavy atom. The van der Waals surface area contributed by atoms with Crippen LogP contribution in [0.15, 0.2) is 147 Å². The van der Waals surface area contributed by atoms with Gasteiger partial charge in [-0.3, -0.25) is 68.4 Å². The molecular weight excluding hydrogens is 1550 g/mol. The standard InChI is InChI=1S/C84H106N20O12S2/c1-47(2)60-38-71(106)55-36-70(105)51(31-53-39-93-61-23-13-11-21-58(53)61)34-73(108)63(25-15-27-91-83(85)86)97-77(111)66(30-50-19-9-6-10-20-50)100-80(114)68(37-57-42-90-46-96-57)102-82(116)74(48(3)4)104-81(115)69(44-118-117-43-55)103-79(113)67(33-54-40-94-62-24-14-12-22-59(54)62)101-76(110)64(26-16-28-92-84(87)88)98-78(112)65(29-49-17-7-5-8-18-49)99-75(109)52(35-72(60)107)32-56-41-89-45-95-56/h5-14,17-24,39-42,45-48,51-52,55,60,63-69,74,93-94H,15-16,25-38,43-44H2,1-4H3,(H,89,95)(H,90,96)(H,97,111)(H,98,112)(H,99,109)(H,100,114)(H,101,110)(H,102,116)(H,103,113)(H,104,115)(H4,85,86,91)(H4,87,88,92)/t51-,52-,55+,60+,63+,64+,65-,66-,67+,68+,69+,74+/m1/s1. The number of para-hydroxylation sites is 2. The maximum atomic E-state index is 16.0. The molecule has 8 amide bonds. The van der Waals surface area contributed by atoms with E-state index in [2.05, 4.69) is 83.1 Å². The van der Waals surface area contributed by atoms with Crippen LogP contribution in [-0.4, -0.2) is 185 Å². The normalized spacial score (nSPS) is 23.4. The van der Waals surface area contributed by atoms with E-state index in [9.17, 15) is 0 Å². The smallest absolute Gasteiger partial charge is 0.244 e. The third-order valence-corrected chi connectivity index (χ3v) is 23.8. The maximum Gasteiger partial charge on any atom is 0.244 e. The summed E-state index contributed by atoms with van der Waals surface area (Å²) >= 11 is 0. The number of hydrogen-bond donors (Lipinski definition) is 18. The van der Waals surface area contributed by atoms with E-state index in [1.807, 2.05) is 42.5 Å². The molecule has 626 valence electrons. The number of amides is 8. The highest BCUT2D eigenvalue weighted by Crippen LogP contribution is 2.34. The predicted octanol–water partition coefficient (Wildman–Crippen LogP) is 4.28. The second kappa shape index (κ2) is 43.3. The van der Waals surface area contributed by atoms with Gasteiger partial charge in [0.15, 0.2) is 17.7 Å². The minimum absolute atomic E-state index is 0.0466. The predicted molar refractivity (Wildman–Crippen MR) is 450 cm³/mol. The Kier molecular flexibility index (Phi) is 32.5. The first-order valence-electron chi connectivity index (χ1n) is 39.8. The molecule has 0 radical (unpaired) electrons. The first-order valence-corrected chi connectivity index (χ1v) is 42.3. The van der Waals surface area contributed by atoms with E-state index >= 15 is 57.5 Å². The van der Waals surface area contributed by atoms with Crippen molar-refractivity contribution in [3.05, 3.63) is 180 Å². The molecule has 2 bridgehead atoms. The summed E-state index contributed by atoms with van der Waals surface area (Å²) in [4.78, 5) is 207. The Morgan fingerprint density at radius 3 is 1.42 bits per heavy atom. The molecule has 4 aromatic heterocycles. The summed E-state index contributed by atoms with van der Waals surface area (Å²) in [5, 5.41) is 45.6. The van der Waals surface area contributed by atoms with Crippen LogP contribution in [0, 0.1) is 46.3 Å². The van der Waals surface area contributed by atoms with Gasteiger partial charge in [0.05, 0.1) is 36.0 Å². The fourth-order valence-corrected chi connectivity index (χ4v) is 17.3. The van der Waals surface area contributed by atoms with E-state index < -0.39 is 180 Å². The number of rotatable bonds is 22. The quantitative estimate of drug-likeness (QED) is 0.0195. The van der Waals surface area contributed by atoms with E-state index in [4.69, 9.17) is 22.3 Å². The van der Waals surface area contributed by atoms with Gasteiger partial charge in [-0.25, -0.2) is 9.97 Å². The average molecular weight is 1650 g/mol. The number of aromatic nitrogens is 6. The minimum atomic E-state index is -1.61. The lowest BCUT2D eigenvalue weighted by molar-refractivity contribution is -0.137. The zero-order valence-electron chi connectivity index (χ0n) is 66.4. The van der Waals surface area contributed by atoms with Crippen LogP contribution < -0.4 is 64.6 Å². The van der Waals surface area contributed by atoms with Crippen molar-refractivity contribution >= 4 is 126 Å². The van der Waals surface area contributed by atoms with Gasteiger partial charge in [0.2, 0.25) is 47.3 Å². The highest BCUT2D eigenvalue weighted by atomic mass is 33.1. The average Bonchev–Trinajstić information content (AvgIpc) is 1.56. The molecule has 34 heteroatoms. The van der Waals surface area contributed by atoms with Crippen LogP contribution in [0.4, 0.5) is 0 Å². The number of hydrogen-bond acceptors (Lipinski definition) is 18. The van der Waals surface area contributed by atoms with Crippen molar-refractivity contribution in [3.8, 4) is 0 Å². The molecule has 0 spiro atoms. The highest BCUT2D eigenvalue weighted by molar-refractivity contribution is 8.76. The summed E-state index contributed by atoms with van der Waals surface area (Å²) < 4.78 is 0. The summed E-state index contributed by atoms with van der Waals surface area (Å²) in [6.45, 7) is 6.96. The fraction of sp³-hybridized carbons (Fsp3) is 0.429. The number of H-pyrrole nitrogens is 4. The number of carbonyl (C=O) groups excluding carboxylic acids is 12. The molecule has 0 saturated carbocycles. The third-order valence-electron chi connectivity index (χ3n) is 21.4. The largest absolute Gasteiger partial charge is 0.370 e. The highest BCUT2D eigenvalue weighted by Gasteiger charge is 2.41. The van der Waals surface area contributed by atoms with Crippen molar-refractivity contribution in [2.75, 3.05) is 24.6 Å². The molecule has 2 fully saturated rings. The molecule has 6 heterocycles. The number of ketones is 4. The topological polar surface area (TPSA) is 514 Å². The van der Waals surface area contributed by atoms with Crippen LogP contribution in [0.3, 0.4) is 0 Å². The van der Waals surface area contributed by atoms with Crippen molar-refractivity contribution in [2.24, 2.45) is 47.0 Å². The van der Waals surface area contributed by atoms with Gasteiger partial charge in [-0.2, -0.15) is 0 Å². The van der Waals surface area contributed by atoms with Gasteiger partial charge in [-0.05, 0) is 78.3 Å². The number of guanidine groups is 2. The van der Waals surface area contributed by atoms with E-state index in [-0.39, 0.29) is 101 Å². The number of fused-ring (bicyclic) bond motifs is 7. The molecule has 4 aromatic carbocycles. The molecule has 8 aromatic rings. The molecule has 0 aliphatic carbocycles. The molecule has 0 unspecified atom stereocenters. The first kappa shape index (κ1) is 88.4. The Hall–Kier alpha value is -11.9. The lowest BCUT2D eigenvalue weighted by Crippen LogP contribution is -2.62. The van der Waals surface area contributed by atoms with E-state index in [0.29, 0.717) is 44.5 Å². The minimum Gasteiger partial charge on any atom is -0.370 e. The molecule has 2 saturated heterocycles. The Balaban J connectivity index is 1.11. The number of benzene rings is 4. The monoisotopic (exact) mass is 1650 g/mol. The van der Waals surface area contributed by atoms with Crippen LogP contribution in [0.2, 0.25) is 0 Å². The van der Waals surface area contributed by atoms with Crippen molar-refractivity contribution in [2.45, 2.75) is 166 Å². The second-order valence-corrected chi connectivity index (χ2v) is 33.4. The van der Waals surface area contributed by atoms with Gasteiger partial charge < -0.3 is 84.6 Å². The Labute approximate surface area is 691 Å². The van der Waals surface area contributed by atoms with Crippen LogP contribution >= 0.6 is 21.6 Å². The van der Waals surface area contributed by atoms with Crippen molar-refractivity contribution in [3.63, 3.8) is 0 Å². The van der Waals surface area contributed by atoms with Gasteiger partial charge >= 0.3 is 0 Å². The van der Waals surface area contributed by atoms with E-state index in [1.54, 1.807) is 113 Å². The van der Waals surface area contributed by atoms with Crippen molar-refractivity contribution < 1.29 is 57.5 Å². The molecule has 2 aliphatic heterocycles. The van der Waals surface area contributed by atoms with Crippen LogP contribution in [-0.2, 0) is 96.1 Å². The summed E-state index contributed by atoms with van der Waals surface area (Å²) in [7, 11) is 2.10.